The molecule has 0 spiro atoms. The summed E-state index contributed by atoms with van der Waals surface area (Å²) in [5, 5.41) is 17.7. The fourth-order valence-corrected chi connectivity index (χ4v) is 11.5. The van der Waals surface area contributed by atoms with E-state index in [0.717, 1.165) is 37.2 Å². The van der Waals surface area contributed by atoms with Crippen molar-refractivity contribution >= 4 is 79.8 Å². The number of carbonyl (C=O) groups is 4. The van der Waals surface area contributed by atoms with Gasteiger partial charge in [-0.15, -0.1) is 11.3 Å². The van der Waals surface area contributed by atoms with Crippen LogP contribution in [0.5, 0.6) is 5.75 Å². The van der Waals surface area contributed by atoms with Crippen LogP contribution in [0.1, 0.15) is 53.5 Å². The second-order valence-electron chi connectivity index (χ2n) is 15.8. The van der Waals surface area contributed by atoms with E-state index in [4.69, 9.17) is 28.3 Å². The van der Waals surface area contributed by atoms with Gasteiger partial charge in [-0.2, -0.15) is 5.10 Å². The molecular formula is C43H38Cl2N4O5S. The second kappa shape index (κ2) is 12.4. The van der Waals surface area contributed by atoms with Crippen LogP contribution in [-0.2, 0) is 26.2 Å². The molecule has 0 radical (unpaired) electrons. The van der Waals surface area contributed by atoms with Crippen LogP contribution in [0.3, 0.4) is 0 Å². The number of halogens is 2. The number of carbonyl (C=O) groups excluding carboxylic acids is 4. The second-order valence-corrected chi connectivity index (χ2v) is 17.7. The molecule has 1 saturated carbocycles. The van der Waals surface area contributed by atoms with Crippen molar-refractivity contribution in [1.82, 2.24) is 9.78 Å². The van der Waals surface area contributed by atoms with E-state index >= 15 is 4.79 Å². The quantitative estimate of drug-likeness (QED) is 0.144. The average molecular weight is 794 g/mol. The van der Waals surface area contributed by atoms with Gasteiger partial charge in [0.1, 0.15) is 17.3 Å². The summed E-state index contributed by atoms with van der Waals surface area (Å²) in [5.74, 6) is -4.03. The van der Waals surface area contributed by atoms with E-state index < -0.39 is 35.0 Å². The molecule has 12 heteroatoms. The number of rotatable bonds is 4. The summed E-state index contributed by atoms with van der Waals surface area (Å²) in [6.07, 6.45) is 2.58. The van der Waals surface area contributed by atoms with Gasteiger partial charge in [0.15, 0.2) is 0 Å². The number of aryl methyl sites for hydroxylation is 5. The van der Waals surface area contributed by atoms with Gasteiger partial charge >= 0.3 is 0 Å². The highest BCUT2D eigenvalue weighted by molar-refractivity contribution is 7.22. The van der Waals surface area contributed by atoms with Crippen LogP contribution in [0.15, 0.2) is 66.2 Å². The van der Waals surface area contributed by atoms with Gasteiger partial charge in [0, 0.05) is 33.8 Å². The van der Waals surface area contributed by atoms with E-state index in [1.807, 2.05) is 71.0 Å². The number of aromatic hydroxyl groups is 1. The molecule has 2 saturated heterocycles. The van der Waals surface area contributed by atoms with E-state index in [0.29, 0.717) is 44.8 Å². The number of aromatic nitrogens is 2. The molecule has 2 aliphatic heterocycles. The predicted octanol–water partition coefficient (Wildman–Crippen LogP) is 8.98. The van der Waals surface area contributed by atoms with Gasteiger partial charge in [-0.3, -0.25) is 23.9 Å². The van der Waals surface area contributed by atoms with Gasteiger partial charge in [0.05, 0.1) is 33.7 Å². The fraction of sp³-hybridized carbons (Fsp3) is 0.326. The minimum absolute atomic E-state index is 0.163. The number of nitrogens with zero attached hydrogens (tertiary/aromatic N) is 4. The Morgan fingerprint density at radius 3 is 2.29 bits per heavy atom. The number of phenols is 1. The summed E-state index contributed by atoms with van der Waals surface area (Å²) in [4.78, 5) is 62.2. The molecule has 4 heterocycles. The Labute approximate surface area is 332 Å². The minimum Gasteiger partial charge on any atom is -0.507 e. The van der Waals surface area contributed by atoms with Gasteiger partial charge in [0.2, 0.25) is 23.6 Å². The Morgan fingerprint density at radius 2 is 1.58 bits per heavy atom. The smallest absolute Gasteiger partial charge is 0.242 e. The molecule has 9 nitrogen and oxygen atoms in total. The summed E-state index contributed by atoms with van der Waals surface area (Å²) in [6, 6.07) is 16.5. The van der Waals surface area contributed by atoms with Gasteiger partial charge in [-0.25, -0.2) is 9.80 Å². The molecule has 3 fully saturated rings. The van der Waals surface area contributed by atoms with Crippen molar-refractivity contribution < 1.29 is 24.3 Å². The zero-order valence-corrected chi connectivity index (χ0v) is 33.4. The Kier molecular flexibility index (Phi) is 8.07. The maximum atomic E-state index is 15.2. The number of amides is 4. The van der Waals surface area contributed by atoms with Crippen LogP contribution in [0.2, 0.25) is 10.0 Å². The minimum atomic E-state index is -1.24. The molecule has 5 aromatic rings. The molecule has 55 heavy (non-hydrogen) atoms. The lowest BCUT2D eigenvalue weighted by Gasteiger charge is -2.49. The maximum Gasteiger partial charge on any atom is 0.242 e. The molecule has 2 aromatic heterocycles. The highest BCUT2D eigenvalue weighted by atomic mass is 35.5. The van der Waals surface area contributed by atoms with Crippen molar-refractivity contribution in [3.8, 4) is 16.3 Å². The number of fused-ring (bicyclic) bond motifs is 5. The first-order chi connectivity index (χ1) is 26.1. The Balaban J connectivity index is 1.16. The largest absolute Gasteiger partial charge is 0.507 e. The lowest BCUT2D eigenvalue weighted by molar-refractivity contribution is -0.131. The van der Waals surface area contributed by atoms with Crippen molar-refractivity contribution in [2.75, 3.05) is 9.80 Å². The predicted molar refractivity (Wildman–Crippen MR) is 215 cm³/mol. The molecule has 3 aromatic carbocycles. The molecule has 280 valence electrons. The van der Waals surface area contributed by atoms with E-state index in [1.54, 1.807) is 47.3 Å². The van der Waals surface area contributed by atoms with Crippen molar-refractivity contribution in [2.45, 2.75) is 53.4 Å². The van der Waals surface area contributed by atoms with E-state index in [-0.39, 0.29) is 35.8 Å². The molecular weight excluding hydrogens is 755 g/mol. The third kappa shape index (κ3) is 5.00. The van der Waals surface area contributed by atoms with Gasteiger partial charge < -0.3 is 5.11 Å². The molecule has 9 rings (SSSR count). The standard InChI is InChI=1S/C43H38Cl2N4O5S/c1-19-7-9-25(16-31(19)45)48-39(51)27-11-10-26-29(35(27)41(48)53)17-30-40(52)49(42(54)43(30,5)36(26)23-13-20(2)37(50)21(3)14-23)34-18-32(46-47(34)6)38-22(4)28-15-24(44)8-12-33(28)55-38/h7-10,12-16,18,27,29-30,35-36,50H,11,17H2,1-6H3. The molecule has 4 amide bonds. The first kappa shape index (κ1) is 35.9. The molecule has 4 aliphatic rings. The summed E-state index contributed by atoms with van der Waals surface area (Å²) in [5.41, 5.74) is 4.60. The van der Waals surface area contributed by atoms with Crippen molar-refractivity contribution in [3.05, 3.63) is 104 Å². The first-order valence-electron chi connectivity index (χ1n) is 18.4. The molecule has 2 aliphatic carbocycles. The number of anilines is 2. The fourth-order valence-electron chi connectivity index (χ4n) is 9.96. The number of thiophene rings is 1. The third-order valence-corrected chi connectivity index (χ3v) is 14.7. The number of benzene rings is 3. The van der Waals surface area contributed by atoms with Gasteiger partial charge in [-0.1, -0.05) is 53.1 Å². The number of allylic oxidation sites excluding steroid dienone is 2. The molecule has 6 atom stereocenters. The summed E-state index contributed by atoms with van der Waals surface area (Å²) < 4.78 is 2.63. The maximum absolute atomic E-state index is 15.2. The molecule has 0 bridgehead atoms. The topological polar surface area (TPSA) is 113 Å². The van der Waals surface area contributed by atoms with E-state index in [9.17, 15) is 19.5 Å². The SMILES string of the molecule is Cc1ccc(N2C(=O)C3CC=C4C(CC5C(=O)N(c6cc(-c7sc8ccc(Cl)cc8c7C)nn6C)C(=O)C5(C)C4c4cc(C)c(O)c(C)c4)C3C2=O)cc1Cl. The Hall–Kier alpha value is -4.77. The number of phenolic OH excluding ortho intramolecular Hbond substituents is 1. The lowest BCUT2D eigenvalue weighted by atomic mass is 9.51. The summed E-state index contributed by atoms with van der Waals surface area (Å²) >= 11 is 14.4. The normalized spacial score (nSPS) is 26.2. The molecule has 6 unspecified atom stereocenters. The van der Waals surface area contributed by atoms with Crippen LogP contribution in [0.4, 0.5) is 11.5 Å². The monoisotopic (exact) mass is 792 g/mol. The van der Waals surface area contributed by atoms with Crippen molar-refractivity contribution in [3.63, 3.8) is 0 Å². The highest BCUT2D eigenvalue weighted by Gasteiger charge is 2.68. The van der Waals surface area contributed by atoms with Crippen LogP contribution in [0, 0.1) is 56.8 Å². The van der Waals surface area contributed by atoms with Crippen LogP contribution < -0.4 is 9.80 Å². The van der Waals surface area contributed by atoms with E-state index in [1.165, 1.54) is 9.80 Å². The van der Waals surface area contributed by atoms with Gasteiger partial charge in [-0.05, 0) is 117 Å². The summed E-state index contributed by atoms with van der Waals surface area (Å²) in [6.45, 7) is 9.37. The van der Waals surface area contributed by atoms with Crippen LogP contribution in [-0.4, -0.2) is 38.5 Å². The summed E-state index contributed by atoms with van der Waals surface area (Å²) in [7, 11) is 1.73. The van der Waals surface area contributed by atoms with Gasteiger partial charge in [0.25, 0.3) is 0 Å². The Morgan fingerprint density at radius 1 is 0.855 bits per heavy atom. The third-order valence-electron chi connectivity index (χ3n) is 12.8. The first-order valence-corrected chi connectivity index (χ1v) is 19.9. The zero-order valence-electron chi connectivity index (χ0n) is 31.1. The van der Waals surface area contributed by atoms with Crippen molar-refractivity contribution in [1.29, 1.82) is 0 Å². The Bertz CT molecular complexity index is 2590. The van der Waals surface area contributed by atoms with Crippen LogP contribution in [0.25, 0.3) is 20.7 Å². The zero-order chi connectivity index (χ0) is 39.0. The van der Waals surface area contributed by atoms with E-state index in [2.05, 4.69) is 0 Å². The number of imide groups is 2. The average Bonchev–Trinajstić information content (AvgIpc) is 3.81. The van der Waals surface area contributed by atoms with Crippen LogP contribution >= 0.6 is 34.5 Å². The van der Waals surface area contributed by atoms with Crippen molar-refractivity contribution in [2.24, 2.45) is 36.1 Å². The number of hydrogen-bond donors (Lipinski definition) is 1. The lowest BCUT2D eigenvalue weighted by Crippen LogP contribution is -2.49. The molecule has 1 N–H and O–H groups in total. The highest BCUT2D eigenvalue weighted by Crippen LogP contribution is 2.64. The number of hydrogen-bond acceptors (Lipinski definition) is 7.